The van der Waals surface area contributed by atoms with E-state index in [0.717, 1.165) is 12.1 Å². The summed E-state index contributed by atoms with van der Waals surface area (Å²) < 4.78 is 59.7. The van der Waals surface area contributed by atoms with E-state index in [2.05, 4.69) is 10.3 Å². The van der Waals surface area contributed by atoms with Gasteiger partial charge in [0, 0.05) is 11.6 Å². The number of pyridine rings is 1. The fraction of sp³-hybridized carbons (Fsp3) is 0.136. The molecule has 164 valence electrons. The quantitative estimate of drug-likeness (QED) is 0.416. The minimum Gasteiger partial charge on any atom is -0.497 e. The molecule has 32 heavy (non-hydrogen) atoms. The topological polar surface area (TPSA) is 76.3 Å². The SMILES string of the molecule is COc1ccc(-c2cc(C(F)(F)F)c(C#N)c(SCC(=O)Nc3ccccc3F)[nH+]2)cc1. The lowest BCUT2D eigenvalue weighted by atomic mass is 10.1. The third-order valence-electron chi connectivity index (χ3n) is 4.35. The first-order chi connectivity index (χ1) is 15.2. The maximum atomic E-state index is 13.7. The average Bonchev–Trinajstić information content (AvgIpc) is 2.78. The van der Waals surface area contributed by atoms with Gasteiger partial charge in [-0.25, -0.2) is 4.39 Å². The van der Waals surface area contributed by atoms with Crippen LogP contribution >= 0.6 is 11.8 Å². The molecule has 3 aromatic rings. The highest BCUT2D eigenvalue weighted by atomic mass is 32.2. The van der Waals surface area contributed by atoms with E-state index in [1.165, 1.54) is 25.3 Å². The second-order valence-electron chi connectivity index (χ2n) is 6.46. The van der Waals surface area contributed by atoms with Gasteiger partial charge in [-0.05, 0) is 48.2 Å². The van der Waals surface area contributed by atoms with Crippen LogP contribution in [0.25, 0.3) is 11.3 Å². The molecule has 2 N–H and O–H groups in total. The Bertz CT molecular complexity index is 1180. The molecular formula is C22H16F4N3O2S+. The van der Waals surface area contributed by atoms with Gasteiger partial charge in [-0.3, -0.25) is 4.79 Å². The second kappa shape index (κ2) is 9.70. The number of alkyl halides is 3. The normalized spacial score (nSPS) is 11.0. The smallest absolute Gasteiger partial charge is 0.418 e. The predicted molar refractivity (Wildman–Crippen MR) is 110 cm³/mol. The zero-order valence-electron chi connectivity index (χ0n) is 16.6. The number of para-hydroxylation sites is 1. The molecule has 0 atom stereocenters. The predicted octanol–water partition coefficient (Wildman–Crippen LogP) is 4.94. The summed E-state index contributed by atoms with van der Waals surface area (Å²) in [5.74, 6) is -1.10. The van der Waals surface area contributed by atoms with Crippen molar-refractivity contribution < 1.29 is 32.1 Å². The van der Waals surface area contributed by atoms with Crippen LogP contribution < -0.4 is 15.0 Å². The van der Waals surface area contributed by atoms with Crippen molar-refractivity contribution in [1.29, 1.82) is 5.26 Å². The fourth-order valence-electron chi connectivity index (χ4n) is 2.82. The first-order valence-corrected chi connectivity index (χ1v) is 10.1. The number of aromatic amines is 1. The molecule has 1 aromatic heterocycles. The molecule has 10 heteroatoms. The number of H-pyrrole nitrogens is 1. The van der Waals surface area contributed by atoms with E-state index >= 15 is 0 Å². The zero-order chi connectivity index (χ0) is 23.3. The summed E-state index contributed by atoms with van der Waals surface area (Å²) in [5.41, 5.74) is -1.26. The summed E-state index contributed by atoms with van der Waals surface area (Å²) in [6, 6.07) is 14.2. The van der Waals surface area contributed by atoms with Gasteiger partial charge in [0.1, 0.15) is 23.2 Å². The monoisotopic (exact) mass is 462 g/mol. The van der Waals surface area contributed by atoms with Crippen molar-refractivity contribution in [3.8, 4) is 23.1 Å². The lowest BCUT2D eigenvalue weighted by Crippen LogP contribution is -2.21. The molecule has 0 radical (unpaired) electrons. The molecule has 1 amide bonds. The number of benzene rings is 2. The van der Waals surface area contributed by atoms with Gasteiger partial charge in [-0.2, -0.15) is 23.4 Å². The van der Waals surface area contributed by atoms with Gasteiger partial charge in [-0.15, -0.1) is 0 Å². The molecule has 5 nitrogen and oxygen atoms in total. The number of rotatable bonds is 6. The number of methoxy groups -OCH3 is 1. The van der Waals surface area contributed by atoms with Crippen LogP contribution in [0.3, 0.4) is 0 Å². The first kappa shape index (κ1) is 23.1. The van der Waals surface area contributed by atoms with Gasteiger partial charge < -0.3 is 10.1 Å². The number of nitrogens with one attached hydrogen (secondary N) is 2. The maximum absolute atomic E-state index is 13.7. The Morgan fingerprint density at radius 3 is 2.47 bits per heavy atom. The molecule has 0 fully saturated rings. The van der Waals surface area contributed by atoms with E-state index in [-0.39, 0.29) is 22.2 Å². The molecule has 0 saturated carbocycles. The van der Waals surface area contributed by atoms with E-state index in [4.69, 9.17) is 4.74 Å². The lowest BCUT2D eigenvalue weighted by molar-refractivity contribution is -0.414. The maximum Gasteiger partial charge on any atom is 0.418 e. The van der Waals surface area contributed by atoms with E-state index in [9.17, 15) is 27.6 Å². The van der Waals surface area contributed by atoms with Gasteiger partial charge in [0.25, 0.3) is 5.03 Å². The van der Waals surface area contributed by atoms with E-state index in [1.54, 1.807) is 30.3 Å². The van der Waals surface area contributed by atoms with Gasteiger partial charge in [0.15, 0.2) is 0 Å². The van der Waals surface area contributed by atoms with Crippen molar-refractivity contribution in [3.63, 3.8) is 0 Å². The molecule has 0 bridgehead atoms. The van der Waals surface area contributed by atoms with Crippen LogP contribution in [0.4, 0.5) is 23.2 Å². The van der Waals surface area contributed by atoms with Crippen molar-refractivity contribution in [1.82, 2.24) is 0 Å². The van der Waals surface area contributed by atoms with Crippen LogP contribution in [0.5, 0.6) is 5.75 Å². The number of nitrogens with zero attached hydrogens (tertiary/aromatic N) is 1. The van der Waals surface area contributed by atoms with Crippen molar-refractivity contribution in [3.05, 3.63) is 71.5 Å². The third-order valence-corrected chi connectivity index (χ3v) is 5.35. The molecular weight excluding hydrogens is 446 g/mol. The van der Waals surface area contributed by atoms with Crippen LogP contribution in [-0.2, 0) is 11.0 Å². The summed E-state index contributed by atoms with van der Waals surface area (Å²) in [6.45, 7) is 0. The number of anilines is 1. The molecule has 0 saturated heterocycles. The largest absolute Gasteiger partial charge is 0.497 e. The van der Waals surface area contributed by atoms with Gasteiger partial charge >= 0.3 is 6.18 Å². The molecule has 2 aromatic carbocycles. The molecule has 0 aliphatic heterocycles. The number of amides is 1. The number of halogens is 4. The minimum atomic E-state index is -4.79. The first-order valence-electron chi connectivity index (χ1n) is 9.12. The van der Waals surface area contributed by atoms with Crippen LogP contribution in [0, 0.1) is 17.1 Å². The van der Waals surface area contributed by atoms with Crippen LogP contribution in [0.2, 0.25) is 0 Å². The highest BCUT2D eigenvalue weighted by molar-refractivity contribution is 7.99. The highest BCUT2D eigenvalue weighted by Crippen LogP contribution is 2.36. The standard InChI is InChI=1S/C22H15F4N3O2S/c1-31-14-8-6-13(7-9-14)19-10-16(22(24,25)26)15(11-27)21(29-19)32-12-20(30)28-18-5-3-2-4-17(18)23/h2-10H,12H2,1H3,(H,28,30)/p+1. The Balaban J connectivity index is 1.93. The van der Waals surface area contributed by atoms with Crippen molar-refractivity contribution >= 4 is 23.4 Å². The molecule has 3 rings (SSSR count). The number of thioether (sulfide) groups is 1. The summed E-state index contributed by atoms with van der Waals surface area (Å²) in [6.07, 6.45) is -4.79. The number of nitriles is 1. The summed E-state index contributed by atoms with van der Waals surface area (Å²) in [4.78, 5) is 15.0. The third kappa shape index (κ3) is 5.36. The Morgan fingerprint density at radius 1 is 1.19 bits per heavy atom. The summed E-state index contributed by atoms with van der Waals surface area (Å²) >= 11 is 0.714. The van der Waals surface area contributed by atoms with Gasteiger partial charge in [-0.1, -0.05) is 12.1 Å². The minimum absolute atomic E-state index is 0.0504. The number of aromatic nitrogens is 1. The molecule has 0 aliphatic rings. The van der Waals surface area contributed by atoms with Crippen molar-refractivity contribution in [2.75, 3.05) is 18.2 Å². The summed E-state index contributed by atoms with van der Waals surface area (Å²) in [5, 5.41) is 11.6. The number of hydrogen-bond donors (Lipinski definition) is 1. The van der Waals surface area contributed by atoms with E-state index < -0.39 is 29.0 Å². The van der Waals surface area contributed by atoms with Crippen LogP contribution in [0.15, 0.2) is 59.6 Å². The van der Waals surface area contributed by atoms with Crippen LogP contribution in [0.1, 0.15) is 11.1 Å². The van der Waals surface area contributed by atoms with Crippen LogP contribution in [-0.4, -0.2) is 18.8 Å². The zero-order valence-corrected chi connectivity index (χ0v) is 17.4. The van der Waals surface area contributed by atoms with Gasteiger partial charge in [0.2, 0.25) is 11.6 Å². The molecule has 1 heterocycles. The van der Waals surface area contributed by atoms with E-state index in [1.807, 2.05) is 0 Å². The molecule has 0 unspecified atom stereocenters. The van der Waals surface area contributed by atoms with Crippen molar-refractivity contribution in [2.24, 2.45) is 0 Å². The molecule has 0 spiro atoms. The Labute approximate surface area is 185 Å². The average molecular weight is 462 g/mol. The second-order valence-corrected chi connectivity index (χ2v) is 7.44. The Morgan fingerprint density at radius 2 is 1.88 bits per heavy atom. The van der Waals surface area contributed by atoms with E-state index in [0.29, 0.717) is 23.1 Å². The Kier molecular flexibility index (Phi) is 7.00. The Hall–Kier alpha value is -3.58. The number of ether oxygens (including phenoxy) is 1. The van der Waals surface area contributed by atoms with Gasteiger partial charge in [0.05, 0.1) is 24.1 Å². The lowest BCUT2D eigenvalue weighted by Gasteiger charge is -2.11. The molecule has 0 aliphatic carbocycles. The number of hydrogen-bond acceptors (Lipinski definition) is 4. The fourth-order valence-corrected chi connectivity index (χ4v) is 3.64. The summed E-state index contributed by atoms with van der Waals surface area (Å²) in [7, 11) is 1.46. The number of carbonyl (C=O) groups is 1. The van der Waals surface area contributed by atoms with Crippen molar-refractivity contribution in [2.45, 2.75) is 11.2 Å². The highest BCUT2D eigenvalue weighted by Gasteiger charge is 2.38. The number of carbonyl (C=O) groups excluding carboxylic acids is 1.